The molecule has 3 N–H and O–H groups in total. The van der Waals surface area contributed by atoms with Gasteiger partial charge in [-0.3, -0.25) is 15.6 Å². The van der Waals surface area contributed by atoms with Crippen LogP contribution < -0.4 is 0 Å². The fourth-order valence-electron chi connectivity index (χ4n) is 3.45. The third-order valence-electron chi connectivity index (χ3n) is 5.31. The molecule has 27 heavy (non-hydrogen) atoms. The van der Waals surface area contributed by atoms with Gasteiger partial charge in [0.25, 0.3) is 0 Å². The maximum absolute atomic E-state index is 11.4. The van der Waals surface area contributed by atoms with Crippen LogP contribution in [-0.4, -0.2) is 27.6 Å². The molecule has 1 saturated carbocycles. The number of amidine groups is 2. The summed E-state index contributed by atoms with van der Waals surface area (Å²) < 4.78 is 0. The van der Waals surface area contributed by atoms with Crippen LogP contribution in [0.1, 0.15) is 57.1 Å². The van der Waals surface area contributed by atoms with Crippen LogP contribution in [0.2, 0.25) is 0 Å². The molecule has 3 rings (SSSR count). The Labute approximate surface area is 160 Å². The molecular formula is C22H27N3O2. The summed E-state index contributed by atoms with van der Waals surface area (Å²) in [7, 11) is 0. The van der Waals surface area contributed by atoms with Crippen molar-refractivity contribution < 1.29 is 9.90 Å². The van der Waals surface area contributed by atoms with E-state index in [9.17, 15) is 9.90 Å². The van der Waals surface area contributed by atoms with Gasteiger partial charge in [-0.05, 0) is 61.4 Å². The van der Waals surface area contributed by atoms with Crippen LogP contribution in [0, 0.1) is 16.2 Å². The largest absolute Gasteiger partial charge is 0.481 e. The summed E-state index contributed by atoms with van der Waals surface area (Å²) in [5.41, 5.74) is 1.40. The second-order valence-electron chi connectivity index (χ2n) is 8.12. The zero-order valence-electron chi connectivity index (χ0n) is 16.2. The van der Waals surface area contributed by atoms with Crippen LogP contribution in [-0.2, 0) is 11.3 Å². The maximum atomic E-state index is 11.4. The lowest BCUT2D eigenvalue weighted by Gasteiger charge is -2.29. The van der Waals surface area contributed by atoms with Gasteiger partial charge in [0.1, 0.15) is 5.84 Å². The Balaban J connectivity index is 1.91. The molecule has 0 saturated heterocycles. The van der Waals surface area contributed by atoms with Gasteiger partial charge in [0.05, 0.1) is 17.8 Å². The SMILES string of the molecule is CC(=N)N(Cc1ccc(C2CC2)c2ccccc12)C(=N)CC(C)(C)C(=O)O. The molecule has 5 nitrogen and oxygen atoms in total. The second kappa shape index (κ2) is 7.14. The molecule has 142 valence electrons. The highest BCUT2D eigenvalue weighted by molar-refractivity contribution is 5.99. The van der Waals surface area contributed by atoms with Gasteiger partial charge in [-0.15, -0.1) is 0 Å². The molecular weight excluding hydrogens is 338 g/mol. The monoisotopic (exact) mass is 365 g/mol. The van der Waals surface area contributed by atoms with Gasteiger partial charge in [-0.1, -0.05) is 36.4 Å². The summed E-state index contributed by atoms with van der Waals surface area (Å²) in [6.07, 6.45) is 2.56. The van der Waals surface area contributed by atoms with E-state index in [0.29, 0.717) is 12.5 Å². The second-order valence-corrected chi connectivity index (χ2v) is 8.12. The van der Waals surface area contributed by atoms with Crippen molar-refractivity contribution in [3.05, 3.63) is 47.5 Å². The summed E-state index contributed by atoms with van der Waals surface area (Å²) in [5, 5.41) is 28.3. The van der Waals surface area contributed by atoms with Crippen molar-refractivity contribution in [2.45, 2.75) is 52.5 Å². The van der Waals surface area contributed by atoms with E-state index < -0.39 is 11.4 Å². The van der Waals surface area contributed by atoms with Crippen LogP contribution in [0.25, 0.3) is 10.8 Å². The number of nitrogens with zero attached hydrogens (tertiary/aromatic N) is 1. The number of fused-ring (bicyclic) bond motifs is 1. The number of aliphatic carboxylic acids is 1. The van der Waals surface area contributed by atoms with E-state index in [4.69, 9.17) is 10.8 Å². The van der Waals surface area contributed by atoms with Crippen LogP contribution in [0.4, 0.5) is 0 Å². The van der Waals surface area contributed by atoms with E-state index in [2.05, 4.69) is 30.3 Å². The summed E-state index contributed by atoms with van der Waals surface area (Å²) in [6, 6.07) is 12.6. The first-order chi connectivity index (χ1) is 12.7. The Morgan fingerprint density at radius 2 is 1.78 bits per heavy atom. The van der Waals surface area contributed by atoms with Crippen LogP contribution in [0.5, 0.6) is 0 Å². The van der Waals surface area contributed by atoms with Crippen molar-refractivity contribution in [2.75, 3.05) is 0 Å². The number of rotatable bonds is 6. The molecule has 0 aromatic heterocycles. The topological polar surface area (TPSA) is 88.2 Å². The fraction of sp³-hybridized carbons (Fsp3) is 0.409. The molecule has 0 amide bonds. The molecule has 2 aromatic carbocycles. The molecule has 0 aliphatic heterocycles. The highest BCUT2D eigenvalue weighted by Crippen LogP contribution is 2.43. The van der Waals surface area contributed by atoms with Gasteiger partial charge in [-0.2, -0.15) is 0 Å². The third-order valence-corrected chi connectivity index (χ3v) is 5.31. The van der Waals surface area contributed by atoms with Crippen LogP contribution >= 0.6 is 0 Å². The Morgan fingerprint density at radius 3 is 2.33 bits per heavy atom. The fourth-order valence-corrected chi connectivity index (χ4v) is 3.45. The van der Waals surface area contributed by atoms with Crippen molar-refractivity contribution in [2.24, 2.45) is 5.41 Å². The van der Waals surface area contributed by atoms with E-state index in [-0.39, 0.29) is 18.1 Å². The summed E-state index contributed by atoms with van der Waals surface area (Å²) in [6.45, 7) is 5.26. The molecule has 0 heterocycles. The minimum Gasteiger partial charge on any atom is -0.481 e. The van der Waals surface area contributed by atoms with Gasteiger partial charge in [0.2, 0.25) is 0 Å². The van der Waals surface area contributed by atoms with Gasteiger partial charge >= 0.3 is 5.97 Å². The number of benzene rings is 2. The zero-order valence-corrected chi connectivity index (χ0v) is 16.2. The highest BCUT2D eigenvalue weighted by atomic mass is 16.4. The Hall–Kier alpha value is -2.69. The van der Waals surface area contributed by atoms with E-state index in [1.54, 1.807) is 25.7 Å². The summed E-state index contributed by atoms with van der Waals surface area (Å²) in [4.78, 5) is 13.0. The lowest BCUT2D eigenvalue weighted by atomic mass is 9.88. The average Bonchev–Trinajstić information content (AvgIpc) is 3.43. The van der Waals surface area contributed by atoms with E-state index in [1.165, 1.54) is 23.8 Å². The molecule has 1 aliphatic carbocycles. The van der Waals surface area contributed by atoms with Crippen LogP contribution in [0.15, 0.2) is 36.4 Å². The quantitative estimate of drug-likeness (QED) is 0.497. The molecule has 5 heteroatoms. The molecule has 0 bridgehead atoms. The van der Waals surface area contributed by atoms with Crippen molar-refractivity contribution >= 4 is 28.4 Å². The van der Waals surface area contributed by atoms with Gasteiger partial charge in [0, 0.05) is 6.42 Å². The third kappa shape index (κ3) is 4.02. The summed E-state index contributed by atoms with van der Waals surface area (Å²) >= 11 is 0. The molecule has 0 radical (unpaired) electrons. The molecule has 2 aromatic rings. The standard InChI is InChI=1S/C22H27N3O2/c1-14(23)25(20(24)12-22(2,3)21(26)27)13-16-10-11-18(15-8-9-15)19-7-5-4-6-17(16)19/h4-7,10-11,15,23-24H,8-9,12-13H2,1-3H3,(H,26,27). The molecule has 0 unspecified atom stereocenters. The highest BCUT2D eigenvalue weighted by Gasteiger charge is 2.31. The van der Waals surface area contributed by atoms with Crippen molar-refractivity contribution in [1.82, 2.24) is 4.90 Å². The van der Waals surface area contributed by atoms with Gasteiger partial charge < -0.3 is 10.0 Å². The molecule has 0 atom stereocenters. The smallest absolute Gasteiger partial charge is 0.309 e. The normalized spacial score (nSPS) is 14.2. The van der Waals surface area contributed by atoms with Gasteiger partial charge in [0.15, 0.2) is 0 Å². The van der Waals surface area contributed by atoms with E-state index >= 15 is 0 Å². The average molecular weight is 365 g/mol. The molecule has 0 spiro atoms. The molecule has 1 fully saturated rings. The first kappa shape index (κ1) is 19.1. The van der Waals surface area contributed by atoms with E-state index in [1.807, 2.05) is 6.07 Å². The predicted octanol–water partition coefficient (Wildman–Crippen LogP) is 4.99. The van der Waals surface area contributed by atoms with Gasteiger partial charge in [-0.25, -0.2) is 0 Å². The minimum atomic E-state index is -1.04. The molecule has 1 aliphatic rings. The number of hydrogen-bond acceptors (Lipinski definition) is 3. The lowest BCUT2D eigenvalue weighted by molar-refractivity contribution is -0.146. The number of nitrogens with one attached hydrogen (secondary N) is 2. The van der Waals surface area contributed by atoms with Crippen molar-refractivity contribution in [3.63, 3.8) is 0 Å². The maximum Gasteiger partial charge on any atom is 0.309 e. The predicted molar refractivity (Wildman–Crippen MR) is 109 cm³/mol. The summed E-state index contributed by atoms with van der Waals surface area (Å²) in [5.74, 6) is 0.120. The van der Waals surface area contributed by atoms with Crippen LogP contribution in [0.3, 0.4) is 0 Å². The number of carboxylic acids is 1. The zero-order chi connectivity index (χ0) is 19.8. The Kier molecular flexibility index (Phi) is 5.05. The van der Waals surface area contributed by atoms with E-state index in [0.717, 1.165) is 10.9 Å². The number of carbonyl (C=O) groups is 1. The van der Waals surface area contributed by atoms with Crippen molar-refractivity contribution in [1.29, 1.82) is 10.8 Å². The number of carboxylic acid groups (broad SMARTS) is 1. The first-order valence-electron chi connectivity index (χ1n) is 9.35. The minimum absolute atomic E-state index is 0.0800. The Bertz CT molecular complexity index is 913. The number of hydrogen-bond donors (Lipinski definition) is 3. The first-order valence-corrected chi connectivity index (χ1v) is 9.35. The Morgan fingerprint density at radius 1 is 1.15 bits per heavy atom. The van der Waals surface area contributed by atoms with Crippen molar-refractivity contribution in [3.8, 4) is 0 Å². The lowest BCUT2D eigenvalue weighted by Crippen LogP contribution is -2.38.